The molecule has 1 aliphatic heterocycles. The highest BCUT2D eigenvalue weighted by molar-refractivity contribution is 5.97. The van der Waals surface area contributed by atoms with Gasteiger partial charge in [-0.1, -0.05) is 30.3 Å². The molecule has 5 nitrogen and oxygen atoms in total. The number of hydrogen-bond donors (Lipinski definition) is 0. The molecule has 1 aliphatic rings. The molecule has 5 heteroatoms. The maximum absolute atomic E-state index is 13.2. The number of hydrogen-bond acceptors (Lipinski definition) is 4. The first kappa shape index (κ1) is 21.4. The molecule has 1 fully saturated rings. The van der Waals surface area contributed by atoms with Gasteiger partial charge in [0.05, 0.1) is 22.4 Å². The van der Waals surface area contributed by atoms with Crippen LogP contribution in [-0.4, -0.2) is 58.4 Å². The average Bonchev–Trinajstić information content (AvgIpc) is 2.79. The summed E-state index contributed by atoms with van der Waals surface area (Å²) in [5.41, 5.74) is 5.54. The molecular weight excluding hydrogens is 384 g/mol. The minimum absolute atomic E-state index is 0.0677. The Balaban J connectivity index is 1.37. The van der Waals surface area contributed by atoms with E-state index in [0.717, 1.165) is 67.7 Å². The van der Waals surface area contributed by atoms with Crippen molar-refractivity contribution in [1.29, 1.82) is 0 Å². The lowest BCUT2D eigenvalue weighted by atomic mass is 10.0. The third kappa shape index (κ3) is 5.10. The number of amides is 1. The minimum Gasteiger partial charge on any atom is -0.337 e. The molecular formula is C26H32N4O. The van der Waals surface area contributed by atoms with Crippen molar-refractivity contribution in [3.05, 3.63) is 71.0 Å². The zero-order chi connectivity index (χ0) is 21.8. The van der Waals surface area contributed by atoms with Gasteiger partial charge in [0.15, 0.2) is 0 Å². The molecule has 1 unspecified atom stereocenters. The summed E-state index contributed by atoms with van der Waals surface area (Å²) in [6.07, 6.45) is 4.45. The smallest absolute Gasteiger partial charge is 0.253 e. The van der Waals surface area contributed by atoms with Crippen molar-refractivity contribution < 1.29 is 4.79 Å². The van der Waals surface area contributed by atoms with E-state index in [2.05, 4.69) is 45.2 Å². The first-order valence-corrected chi connectivity index (χ1v) is 11.3. The Morgan fingerprint density at radius 2 is 1.81 bits per heavy atom. The number of likely N-dealkylation sites (tertiary alicyclic amines) is 1. The number of piperidine rings is 1. The number of carbonyl (C=O) groups is 1. The van der Waals surface area contributed by atoms with Crippen molar-refractivity contribution in [2.75, 3.05) is 26.7 Å². The Bertz CT molecular complexity index is 1050. The van der Waals surface area contributed by atoms with Crippen LogP contribution in [0.25, 0.3) is 11.0 Å². The molecule has 162 valence electrons. The molecule has 4 rings (SSSR count). The number of carbonyl (C=O) groups excluding carboxylic acids is 1. The number of nitrogens with zero attached hydrogens (tertiary/aromatic N) is 4. The largest absolute Gasteiger partial charge is 0.337 e. The summed E-state index contributed by atoms with van der Waals surface area (Å²) in [5, 5.41) is 0. The normalized spacial score (nSPS) is 17.1. The fourth-order valence-electron chi connectivity index (χ4n) is 4.43. The van der Waals surface area contributed by atoms with E-state index in [9.17, 15) is 4.79 Å². The number of fused-ring (bicyclic) bond motifs is 1. The topological polar surface area (TPSA) is 49.3 Å². The fraction of sp³-hybridized carbons (Fsp3) is 0.423. The van der Waals surface area contributed by atoms with Gasteiger partial charge in [-0.05, 0) is 76.4 Å². The molecule has 1 amide bonds. The van der Waals surface area contributed by atoms with Gasteiger partial charge in [0.2, 0.25) is 0 Å². The molecule has 1 aromatic heterocycles. The van der Waals surface area contributed by atoms with Crippen molar-refractivity contribution in [2.45, 2.75) is 45.6 Å². The average molecular weight is 417 g/mol. The Morgan fingerprint density at radius 1 is 1.06 bits per heavy atom. The third-order valence-corrected chi connectivity index (χ3v) is 6.45. The zero-order valence-electron chi connectivity index (χ0n) is 18.8. The standard InChI is InChI=1S/C26H32N4O/c1-19-20(2)28-25-17-22(13-14-24(25)27-19)26(31)29(3)23-12-8-16-30(18-23)15-7-11-21-9-5-4-6-10-21/h4-6,9-10,13-14,17,23H,7-8,11-12,15-16,18H2,1-3H3. The van der Waals surface area contributed by atoms with Crippen LogP contribution < -0.4 is 0 Å². The van der Waals surface area contributed by atoms with E-state index < -0.39 is 0 Å². The summed E-state index contributed by atoms with van der Waals surface area (Å²) in [6, 6.07) is 16.6. The number of likely N-dealkylation sites (N-methyl/N-ethyl adjacent to an activating group) is 1. The first-order valence-electron chi connectivity index (χ1n) is 11.3. The molecule has 0 aliphatic carbocycles. The van der Waals surface area contributed by atoms with Crippen LogP contribution >= 0.6 is 0 Å². The van der Waals surface area contributed by atoms with Crippen molar-refractivity contribution in [1.82, 2.24) is 19.8 Å². The van der Waals surface area contributed by atoms with Gasteiger partial charge in [0, 0.05) is 25.2 Å². The molecule has 0 bridgehead atoms. The number of aromatic nitrogens is 2. The lowest BCUT2D eigenvalue weighted by molar-refractivity contribution is 0.0617. The molecule has 2 aromatic carbocycles. The quantitative estimate of drug-likeness (QED) is 0.597. The monoisotopic (exact) mass is 416 g/mol. The molecule has 0 radical (unpaired) electrons. The number of aryl methyl sites for hydroxylation is 3. The van der Waals surface area contributed by atoms with Crippen LogP contribution in [0, 0.1) is 13.8 Å². The molecule has 31 heavy (non-hydrogen) atoms. The highest BCUT2D eigenvalue weighted by Gasteiger charge is 2.26. The highest BCUT2D eigenvalue weighted by Crippen LogP contribution is 2.20. The molecule has 0 spiro atoms. The Labute approximate surface area is 185 Å². The van der Waals surface area contributed by atoms with E-state index in [0.29, 0.717) is 5.56 Å². The third-order valence-electron chi connectivity index (χ3n) is 6.45. The van der Waals surface area contributed by atoms with Crippen molar-refractivity contribution in [3.8, 4) is 0 Å². The van der Waals surface area contributed by atoms with Gasteiger partial charge in [-0.25, -0.2) is 9.97 Å². The second-order valence-corrected chi connectivity index (χ2v) is 8.70. The fourth-order valence-corrected chi connectivity index (χ4v) is 4.43. The van der Waals surface area contributed by atoms with Crippen LogP contribution in [0.1, 0.15) is 46.6 Å². The van der Waals surface area contributed by atoms with Crippen LogP contribution in [0.2, 0.25) is 0 Å². The van der Waals surface area contributed by atoms with E-state index in [1.807, 2.05) is 44.0 Å². The highest BCUT2D eigenvalue weighted by atomic mass is 16.2. The molecule has 3 aromatic rings. The summed E-state index contributed by atoms with van der Waals surface area (Å²) in [7, 11) is 1.94. The van der Waals surface area contributed by atoms with Gasteiger partial charge in [-0.15, -0.1) is 0 Å². The molecule has 1 saturated heterocycles. The SMILES string of the molecule is Cc1nc2ccc(C(=O)N(C)C3CCCN(CCCc4ccccc4)C3)cc2nc1C. The van der Waals surface area contributed by atoms with Crippen LogP contribution in [0.15, 0.2) is 48.5 Å². The second kappa shape index (κ2) is 9.56. The summed E-state index contributed by atoms with van der Waals surface area (Å²) in [6.45, 7) is 7.07. The predicted octanol–water partition coefficient (Wildman–Crippen LogP) is 4.42. The Kier molecular flexibility index (Phi) is 6.62. The zero-order valence-corrected chi connectivity index (χ0v) is 18.8. The summed E-state index contributed by atoms with van der Waals surface area (Å²) in [5.74, 6) is 0.0677. The Hall–Kier alpha value is -2.79. The lowest BCUT2D eigenvalue weighted by Gasteiger charge is -2.37. The summed E-state index contributed by atoms with van der Waals surface area (Å²) >= 11 is 0. The van der Waals surface area contributed by atoms with Gasteiger partial charge in [-0.3, -0.25) is 4.79 Å². The van der Waals surface area contributed by atoms with E-state index >= 15 is 0 Å². The van der Waals surface area contributed by atoms with Gasteiger partial charge >= 0.3 is 0 Å². The summed E-state index contributed by atoms with van der Waals surface area (Å²) < 4.78 is 0. The van der Waals surface area contributed by atoms with Crippen molar-refractivity contribution >= 4 is 16.9 Å². The van der Waals surface area contributed by atoms with E-state index in [-0.39, 0.29) is 11.9 Å². The molecule has 0 saturated carbocycles. The van der Waals surface area contributed by atoms with Crippen molar-refractivity contribution in [2.24, 2.45) is 0 Å². The second-order valence-electron chi connectivity index (χ2n) is 8.70. The number of benzene rings is 2. The van der Waals surface area contributed by atoms with Crippen LogP contribution in [0.3, 0.4) is 0 Å². The van der Waals surface area contributed by atoms with Crippen LogP contribution in [0.4, 0.5) is 0 Å². The van der Waals surface area contributed by atoms with Gasteiger partial charge in [-0.2, -0.15) is 0 Å². The molecule has 0 N–H and O–H groups in total. The lowest BCUT2D eigenvalue weighted by Crippen LogP contribution is -2.48. The molecule has 2 heterocycles. The van der Waals surface area contributed by atoms with E-state index in [4.69, 9.17) is 0 Å². The van der Waals surface area contributed by atoms with E-state index in [1.165, 1.54) is 5.56 Å². The molecule has 1 atom stereocenters. The van der Waals surface area contributed by atoms with Crippen molar-refractivity contribution in [3.63, 3.8) is 0 Å². The van der Waals surface area contributed by atoms with Gasteiger partial charge in [0.25, 0.3) is 5.91 Å². The van der Waals surface area contributed by atoms with Crippen LogP contribution in [0.5, 0.6) is 0 Å². The summed E-state index contributed by atoms with van der Waals surface area (Å²) in [4.78, 5) is 26.8. The minimum atomic E-state index is 0.0677. The maximum atomic E-state index is 13.2. The van der Waals surface area contributed by atoms with Gasteiger partial charge < -0.3 is 9.80 Å². The maximum Gasteiger partial charge on any atom is 0.253 e. The van der Waals surface area contributed by atoms with E-state index in [1.54, 1.807) is 0 Å². The first-order chi connectivity index (χ1) is 15.0. The van der Waals surface area contributed by atoms with Gasteiger partial charge in [0.1, 0.15) is 0 Å². The Morgan fingerprint density at radius 3 is 2.58 bits per heavy atom. The predicted molar refractivity (Wildman–Crippen MR) is 125 cm³/mol. The number of rotatable bonds is 6. The van der Waals surface area contributed by atoms with Crippen LogP contribution in [-0.2, 0) is 6.42 Å².